The van der Waals surface area contributed by atoms with Crippen LogP contribution in [-0.2, 0) is 16.5 Å². The van der Waals surface area contributed by atoms with Crippen molar-refractivity contribution in [1.29, 1.82) is 0 Å². The molecule has 0 aliphatic carbocycles. The molecule has 18 heavy (non-hydrogen) atoms. The van der Waals surface area contributed by atoms with Crippen LogP contribution in [-0.4, -0.2) is 11.9 Å². The fraction of sp³-hybridized carbons (Fsp3) is 0.273. The van der Waals surface area contributed by atoms with Crippen molar-refractivity contribution in [2.45, 2.75) is 18.6 Å². The van der Waals surface area contributed by atoms with Crippen molar-refractivity contribution in [1.82, 2.24) is 10.6 Å². The molecule has 1 fully saturated rings. The maximum Gasteiger partial charge on any atom is 0.416 e. The summed E-state index contributed by atoms with van der Waals surface area (Å²) in [5.74, 6) is -0.674. The van der Waals surface area contributed by atoms with Gasteiger partial charge in [-0.2, -0.15) is 13.2 Å². The lowest BCUT2D eigenvalue weighted by molar-refractivity contribution is -0.137. The lowest BCUT2D eigenvalue weighted by atomic mass is 9.91. The standard InChI is InChI=1S/C11H9F3N2O2/c1-10(8(17)15-9(18)16-10)6-3-2-4-7(5-6)11(12,13)14/h2-5H,1H3,(H2,15,16,17,18)/t10-/m1/s1. The summed E-state index contributed by atoms with van der Waals surface area (Å²) < 4.78 is 37.7. The minimum atomic E-state index is -4.49. The summed E-state index contributed by atoms with van der Waals surface area (Å²) >= 11 is 0. The number of imide groups is 1. The Balaban J connectivity index is 2.46. The van der Waals surface area contributed by atoms with E-state index in [0.29, 0.717) is 0 Å². The average molecular weight is 258 g/mol. The van der Waals surface area contributed by atoms with Crippen molar-refractivity contribution in [3.63, 3.8) is 0 Å². The van der Waals surface area contributed by atoms with Crippen molar-refractivity contribution in [3.8, 4) is 0 Å². The van der Waals surface area contributed by atoms with Crippen molar-refractivity contribution in [3.05, 3.63) is 35.4 Å². The minimum absolute atomic E-state index is 0.0840. The lowest BCUT2D eigenvalue weighted by Crippen LogP contribution is -2.40. The van der Waals surface area contributed by atoms with Crippen LogP contribution in [0.4, 0.5) is 18.0 Å². The zero-order chi connectivity index (χ0) is 13.6. The third kappa shape index (κ3) is 1.92. The van der Waals surface area contributed by atoms with Gasteiger partial charge in [-0.1, -0.05) is 12.1 Å². The molecule has 0 spiro atoms. The Morgan fingerprint density at radius 2 is 1.89 bits per heavy atom. The highest BCUT2D eigenvalue weighted by molar-refractivity contribution is 6.07. The molecular formula is C11H9F3N2O2. The van der Waals surface area contributed by atoms with E-state index in [0.717, 1.165) is 12.1 Å². The molecule has 0 radical (unpaired) electrons. The highest BCUT2D eigenvalue weighted by atomic mass is 19.4. The molecule has 96 valence electrons. The monoisotopic (exact) mass is 258 g/mol. The largest absolute Gasteiger partial charge is 0.416 e. The van der Waals surface area contributed by atoms with Gasteiger partial charge in [0.1, 0.15) is 5.54 Å². The molecule has 0 aromatic heterocycles. The molecule has 0 unspecified atom stereocenters. The fourth-order valence-electron chi connectivity index (χ4n) is 1.75. The average Bonchev–Trinajstić information content (AvgIpc) is 2.53. The van der Waals surface area contributed by atoms with Crippen LogP contribution in [0.1, 0.15) is 18.1 Å². The smallest absolute Gasteiger partial charge is 0.320 e. The second-order valence-corrected chi connectivity index (χ2v) is 4.11. The molecule has 2 N–H and O–H groups in total. The number of hydrogen-bond acceptors (Lipinski definition) is 2. The summed E-state index contributed by atoms with van der Waals surface area (Å²) in [4.78, 5) is 22.7. The topological polar surface area (TPSA) is 58.2 Å². The Labute approximate surface area is 100 Å². The third-order valence-electron chi connectivity index (χ3n) is 2.81. The Morgan fingerprint density at radius 3 is 2.39 bits per heavy atom. The van der Waals surface area contributed by atoms with E-state index in [4.69, 9.17) is 0 Å². The van der Waals surface area contributed by atoms with E-state index < -0.39 is 29.2 Å². The fourth-order valence-corrected chi connectivity index (χ4v) is 1.75. The summed E-state index contributed by atoms with van der Waals surface area (Å²) in [7, 11) is 0. The van der Waals surface area contributed by atoms with Crippen molar-refractivity contribution in [2.75, 3.05) is 0 Å². The summed E-state index contributed by atoms with van der Waals surface area (Å²) in [5.41, 5.74) is -2.26. The molecule has 1 aromatic rings. The number of alkyl halides is 3. The van der Waals surface area contributed by atoms with Gasteiger partial charge in [-0.15, -0.1) is 0 Å². The van der Waals surface area contributed by atoms with Crippen LogP contribution in [0, 0.1) is 0 Å². The minimum Gasteiger partial charge on any atom is -0.320 e. The number of carbonyl (C=O) groups excluding carboxylic acids is 2. The molecule has 0 bridgehead atoms. The molecule has 0 saturated carbocycles. The van der Waals surface area contributed by atoms with Crippen LogP contribution in [0.5, 0.6) is 0 Å². The SMILES string of the molecule is C[C@]1(c2cccc(C(F)(F)F)c2)NC(=O)NC1=O. The summed E-state index contributed by atoms with van der Waals surface area (Å²) in [6.07, 6.45) is -4.49. The van der Waals surface area contributed by atoms with Gasteiger partial charge < -0.3 is 5.32 Å². The van der Waals surface area contributed by atoms with Gasteiger partial charge in [0.2, 0.25) is 0 Å². The van der Waals surface area contributed by atoms with Crippen LogP contribution in [0.25, 0.3) is 0 Å². The van der Waals surface area contributed by atoms with E-state index in [1.165, 1.54) is 19.1 Å². The molecule has 4 nitrogen and oxygen atoms in total. The Kier molecular flexibility index (Phi) is 2.57. The number of nitrogens with one attached hydrogen (secondary N) is 2. The molecule has 1 aliphatic heterocycles. The van der Waals surface area contributed by atoms with Gasteiger partial charge in [-0.3, -0.25) is 10.1 Å². The molecule has 1 atom stereocenters. The first-order chi connectivity index (χ1) is 8.23. The van der Waals surface area contributed by atoms with Crippen molar-refractivity contribution < 1.29 is 22.8 Å². The Hall–Kier alpha value is -2.05. The molecule has 2 rings (SSSR count). The highest BCUT2D eigenvalue weighted by Gasteiger charge is 2.44. The zero-order valence-corrected chi connectivity index (χ0v) is 9.26. The number of urea groups is 1. The normalized spacial score (nSPS) is 23.8. The predicted molar refractivity (Wildman–Crippen MR) is 55.5 cm³/mol. The molecule has 3 amide bonds. The second kappa shape index (κ2) is 3.72. The highest BCUT2D eigenvalue weighted by Crippen LogP contribution is 2.32. The third-order valence-corrected chi connectivity index (χ3v) is 2.81. The number of halogens is 3. The van der Waals surface area contributed by atoms with E-state index in [2.05, 4.69) is 5.32 Å². The number of hydrogen-bond donors (Lipinski definition) is 2. The predicted octanol–water partition coefficient (Wildman–Crippen LogP) is 1.76. The van der Waals surface area contributed by atoms with Crippen LogP contribution >= 0.6 is 0 Å². The van der Waals surface area contributed by atoms with Crippen LogP contribution in [0.15, 0.2) is 24.3 Å². The van der Waals surface area contributed by atoms with E-state index in [-0.39, 0.29) is 5.56 Å². The first-order valence-electron chi connectivity index (χ1n) is 5.05. The summed E-state index contributed by atoms with van der Waals surface area (Å²) in [6, 6.07) is 3.59. The van der Waals surface area contributed by atoms with Crippen LogP contribution in [0.3, 0.4) is 0 Å². The number of rotatable bonds is 1. The maximum atomic E-state index is 12.6. The molecule has 7 heteroatoms. The Bertz CT molecular complexity index is 527. The van der Waals surface area contributed by atoms with E-state index >= 15 is 0 Å². The van der Waals surface area contributed by atoms with Gasteiger partial charge in [-0.25, -0.2) is 4.79 Å². The van der Waals surface area contributed by atoms with Crippen molar-refractivity contribution >= 4 is 11.9 Å². The summed E-state index contributed by atoms with van der Waals surface area (Å²) in [5, 5.41) is 4.30. The molecule has 1 saturated heterocycles. The molecule has 1 aromatic carbocycles. The first kappa shape index (κ1) is 12.4. The number of amides is 3. The quantitative estimate of drug-likeness (QED) is 0.754. The van der Waals surface area contributed by atoms with Gasteiger partial charge in [0.25, 0.3) is 5.91 Å². The van der Waals surface area contributed by atoms with Gasteiger partial charge >= 0.3 is 12.2 Å². The van der Waals surface area contributed by atoms with E-state index in [1.54, 1.807) is 0 Å². The van der Waals surface area contributed by atoms with Gasteiger partial charge in [-0.05, 0) is 24.6 Å². The van der Waals surface area contributed by atoms with E-state index in [1.807, 2.05) is 5.32 Å². The van der Waals surface area contributed by atoms with Crippen LogP contribution < -0.4 is 10.6 Å². The van der Waals surface area contributed by atoms with Crippen molar-refractivity contribution in [2.24, 2.45) is 0 Å². The van der Waals surface area contributed by atoms with Crippen LogP contribution in [0.2, 0.25) is 0 Å². The van der Waals surface area contributed by atoms with Gasteiger partial charge in [0.05, 0.1) is 5.56 Å². The number of carbonyl (C=O) groups is 2. The second-order valence-electron chi connectivity index (χ2n) is 4.11. The Morgan fingerprint density at radius 1 is 1.22 bits per heavy atom. The lowest BCUT2D eigenvalue weighted by Gasteiger charge is -2.22. The summed E-state index contributed by atoms with van der Waals surface area (Å²) in [6.45, 7) is 1.35. The molecular weight excluding hydrogens is 249 g/mol. The number of benzene rings is 1. The molecule has 1 heterocycles. The zero-order valence-electron chi connectivity index (χ0n) is 9.26. The van der Waals surface area contributed by atoms with Gasteiger partial charge in [0.15, 0.2) is 0 Å². The first-order valence-corrected chi connectivity index (χ1v) is 5.05. The van der Waals surface area contributed by atoms with E-state index in [9.17, 15) is 22.8 Å². The maximum absolute atomic E-state index is 12.6. The molecule has 1 aliphatic rings. The van der Waals surface area contributed by atoms with Gasteiger partial charge in [0, 0.05) is 0 Å².